The molecule has 0 unspecified atom stereocenters. The monoisotopic (exact) mass is 248 g/mol. The number of aliphatic hydroxyl groups is 1. The summed E-state index contributed by atoms with van der Waals surface area (Å²) in [5.74, 6) is -0.424. The van der Waals surface area contributed by atoms with E-state index in [1.807, 2.05) is 12.1 Å². The summed E-state index contributed by atoms with van der Waals surface area (Å²) in [4.78, 5) is 10.9. The number of anilines is 1. The van der Waals surface area contributed by atoms with Gasteiger partial charge in [0.15, 0.2) is 0 Å². The Morgan fingerprint density at radius 1 is 1.22 bits per heavy atom. The quantitative estimate of drug-likeness (QED) is 0.761. The minimum Gasteiger partial charge on any atom is -0.388 e. The first-order chi connectivity index (χ1) is 8.59. The zero-order valence-electron chi connectivity index (χ0n) is 10.5. The van der Waals surface area contributed by atoms with E-state index in [1.54, 1.807) is 12.1 Å². The van der Waals surface area contributed by atoms with E-state index in [0.717, 1.165) is 31.4 Å². The summed E-state index contributed by atoms with van der Waals surface area (Å²) < 4.78 is 0. The van der Waals surface area contributed by atoms with Crippen LogP contribution in [0.5, 0.6) is 0 Å². The summed E-state index contributed by atoms with van der Waals surface area (Å²) in [6.07, 6.45) is 5.13. The molecular formula is C14H20N2O2. The van der Waals surface area contributed by atoms with Crippen LogP contribution in [-0.4, -0.2) is 23.2 Å². The zero-order valence-corrected chi connectivity index (χ0v) is 10.5. The van der Waals surface area contributed by atoms with E-state index in [4.69, 9.17) is 5.73 Å². The molecule has 0 spiro atoms. The minimum absolute atomic E-state index is 0.424. The van der Waals surface area contributed by atoms with Gasteiger partial charge in [0.1, 0.15) is 0 Å². The van der Waals surface area contributed by atoms with E-state index in [9.17, 15) is 9.90 Å². The molecule has 1 fully saturated rings. The number of carbonyl (C=O) groups is 1. The molecule has 1 aromatic carbocycles. The molecule has 0 radical (unpaired) electrons. The van der Waals surface area contributed by atoms with E-state index in [0.29, 0.717) is 12.1 Å². The second-order valence-electron chi connectivity index (χ2n) is 5.08. The van der Waals surface area contributed by atoms with Crippen LogP contribution in [0.2, 0.25) is 0 Å². The number of amides is 1. The van der Waals surface area contributed by atoms with Crippen molar-refractivity contribution in [2.24, 2.45) is 5.73 Å². The first-order valence-electron chi connectivity index (χ1n) is 6.45. The van der Waals surface area contributed by atoms with Gasteiger partial charge >= 0.3 is 0 Å². The number of hydrogen-bond donors (Lipinski definition) is 3. The zero-order chi connectivity index (χ0) is 13.0. The molecular weight excluding hydrogens is 228 g/mol. The first kappa shape index (κ1) is 12.9. The SMILES string of the molecule is NC(=O)c1ccc(NCC2(O)CCCCC2)cc1. The van der Waals surface area contributed by atoms with Gasteiger partial charge in [0.2, 0.25) is 5.91 Å². The lowest BCUT2D eigenvalue weighted by Gasteiger charge is -2.32. The van der Waals surface area contributed by atoms with Crippen molar-refractivity contribution in [1.82, 2.24) is 0 Å². The molecule has 0 atom stereocenters. The molecule has 0 aromatic heterocycles. The average molecular weight is 248 g/mol. The molecule has 0 saturated heterocycles. The number of nitrogens with two attached hydrogens (primary N) is 1. The fraction of sp³-hybridized carbons (Fsp3) is 0.500. The Bertz CT molecular complexity index is 408. The molecule has 1 aliphatic rings. The second kappa shape index (κ2) is 5.40. The minimum atomic E-state index is -0.583. The normalized spacial score (nSPS) is 18.3. The van der Waals surface area contributed by atoms with Crippen molar-refractivity contribution in [3.8, 4) is 0 Å². The standard InChI is InChI=1S/C14H20N2O2/c15-13(17)11-4-6-12(7-5-11)16-10-14(18)8-2-1-3-9-14/h4-7,16,18H,1-3,8-10H2,(H2,15,17). The number of nitrogens with one attached hydrogen (secondary N) is 1. The number of rotatable bonds is 4. The predicted molar refractivity (Wildman–Crippen MR) is 71.5 cm³/mol. The van der Waals surface area contributed by atoms with E-state index in [1.165, 1.54) is 6.42 Å². The molecule has 1 amide bonds. The van der Waals surface area contributed by atoms with Gasteiger partial charge in [-0.3, -0.25) is 4.79 Å². The Kier molecular flexibility index (Phi) is 3.87. The second-order valence-corrected chi connectivity index (χ2v) is 5.08. The van der Waals surface area contributed by atoms with E-state index < -0.39 is 11.5 Å². The predicted octanol–water partition coefficient (Wildman–Crippen LogP) is 1.89. The van der Waals surface area contributed by atoms with Gasteiger partial charge in [-0.15, -0.1) is 0 Å². The summed E-state index contributed by atoms with van der Waals surface area (Å²) in [5, 5.41) is 13.6. The van der Waals surface area contributed by atoms with E-state index >= 15 is 0 Å². The third-order valence-corrected chi connectivity index (χ3v) is 3.58. The lowest BCUT2D eigenvalue weighted by atomic mass is 9.85. The molecule has 4 nitrogen and oxygen atoms in total. The Labute approximate surface area is 107 Å². The molecule has 2 rings (SSSR count). The average Bonchev–Trinajstić information content (AvgIpc) is 2.38. The molecule has 0 bridgehead atoms. The molecule has 0 aliphatic heterocycles. The molecule has 1 aliphatic carbocycles. The fourth-order valence-electron chi connectivity index (χ4n) is 2.41. The Morgan fingerprint density at radius 3 is 2.39 bits per heavy atom. The Balaban J connectivity index is 1.91. The highest BCUT2D eigenvalue weighted by Gasteiger charge is 2.28. The Morgan fingerprint density at radius 2 is 1.83 bits per heavy atom. The van der Waals surface area contributed by atoms with Crippen LogP contribution in [0.15, 0.2) is 24.3 Å². The van der Waals surface area contributed by atoms with Crippen LogP contribution in [0.25, 0.3) is 0 Å². The molecule has 4 N–H and O–H groups in total. The number of carbonyl (C=O) groups excluding carboxylic acids is 1. The van der Waals surface area contributed by atoms with Gasteiger partial charge in [-0.1, -0.05) is 19.3 Å². The molecule has 0 heterocycles. The lowest BCUT2D eigenvalue weighted by Crippen LogP contribution is -2.38. The van der Waals surface area contributed by atoms with Crippen molar-refractivity contribution in [3.05, 3.63) is 29.8 Å². The highest BCUT2D eigenvalue weighted by molar-refractivity contribution is 5.93. The van der Waals surface area contributed by atoms with Crippen molar-refractivity contribution < 1.29 is 9.90 Å². The van der Waals surface area contributed by atoms with Gasteiger partial charge in [-0.25, -0.2) is 0 Å². The molecule has 98 valence electrons. The molecule has 4 heteroatoms. The summed E-state index contributed by atoms with van der Waals surface area (Å²) in [7, 11) is 0. The van der Waals surface area contributed by atoms with Crippen LogP contribution in [0, 0.1) is 0 Å². The summed E-state index contributed by atoms with van der Waals surface area (Å²) in [5.41, 5.74) is 5.99. The third kappa shape index (κ3) is 3.23. The van der Waals surface area contributed by atoms with Crippen LogP contribution in [-0.2, 0) is 0 Å². The number of primary amides is 1. The lowest BCUT2D eigenvalue weighted by molar-refractivity contribution is 0.0167. The summed E-state index contributed by atoms with van der Waals surface area (Å²) in [6.45, 7) is 0.558. The first-order valence-corrected chi connectivity index (χ1v) is 6.45. The van der Waals surface area contributed by atoms with Gasteiger partial charge in [-0.2, -0.15) is 0 Å². The largest absolute Gasteiger partial charge is 0.388 e. The molecule has 1 saturated carbocycles. The van der Waals surface area contributed by atoms with Gasteiger partial charge in [0.05, 0.1) is 5.60 Å². The van der Waals surface area contributed by atoms with E-state index in [2.05, 4.69) is 5.32 Å². The number of hydrogen-bond acceptors (Lipinski definition) is 3. The van der Waals surface area contributed by atoms with Crippen LogP contribution in [0.3, 0.4) is 0 Å². The van der Waals surface area contributed by atoms with Crippen LogP contribution >= 0.6 is 0 Å². The maximum atomic E-state index is 10.9. The van der Waals surface area contributed by atoms with Gasteiger partial charge < -0.3 is 16.2 Å². The molecule has 1 aromatic rings. The van der Waals surface area contributed by atoms with Crippen molar-refractivity contribution >= 4 is 11.6 Å². The number of benzene rings is 1. The van der Waals surface area contributed by atoms with Crippen LogP contribution in [0.4, 0.5) is 5.69 Å². The van der Waals surface area contributed by atoms with Crippen molar-refractivity contribution in [1.29, 1.82) is 0 Å². The Hall–Kier alpha value is -1.55. The van der Waals surface area contributed by atoms with Gasteiger partial charge in [-0.05, 0) is 37.1 Å². The highest BCUT2D eigenvalue weighted by Crippen LogP contribution is 2.28. The van der Waals surface area contributed by atoms with Gasteiger partial charge in [0.25, 0.3) is 0 Å². The topological polar surface area (TPSA) is 75.4 Å². The van der Waals surface area contributed by atoms with Crippen molar-refractivity contribution in [2.75, 3.05) is 11.9 Å². The summed E-state index contributed by atoms with van der Waals surface area (Å²) >= 11 is 0. The maximum Gasteiger partial charge on any atom is 0.248 e. The third-order valence-electron chi connectivity index (χ3n) is 3.58. The van der Waals surface area contributed by atoms with Crippen LogP contribution in [0.1, 0.15) is 42.5 Å². The maximum absolute atomic E-state index is 10.9. The van der Waals surface area contributed by atoms with E-state index in [-0.39, 0.29) is 0 Å². The summed E-state index contributed by atoms with van der Waals surface area (Å²) in [6, 6.07) is 7.00. The van der Waals surface area contributed by atoms with Crippen LogP contribution < -0.4 is 11.1 Å². The smallest absolute Gasteiger partial charge is 0.248 e. The fourth-order valence-corrected chi connectivity index (χ4v) is 2.41. The van der Waals surface area contributed by atoms with Gasteiger partial charge in [0, 0.05) is 17.8 Å². The van der Waals surface area contributed by atoms with Crippen molar-refractivity contribution in [2.45, 2.75) is 37.7 Å². The van der Waals surface area contributed by atoms with Crippen molar-refractivity contribution in [3.63, 3.8) is 0 Å². The highest BCUT2D eigenvalue weighted by atomic mass is 16.3. The molecule has 18 heavy (non-hydrogen) atoms.